The van der Waals surface area contributed by atoms with Crippen LogP contribution in [0.5, 0.6) is 0 Å². The van der Waals surface area contributed by atoms with Gasteiger partial charge in [0.2, 0.25) is 10.0 Å². The zero-order chi connectivity index (χ0) is 24.8. The SMILES string of the molecule is CCN(CC)c1ccc(N=Nc2nc(C(F)(F)F)nn2CC)c(N=S(=O)(CF)OC(F)F)c1. The van der Waals surface area contributed by atoms with Crippen LogP contribution in [-0.2, 0) is 26.9 Å². The molecule has 9 nitrogen and oxygen atoms in total. The van der Waals surface area contributed by atoms with Crippen LogP contribution >= 0.6 is 0 Å². The lowest BCUT2D eigenvalue weighted by molar-refractivity contribution is -0.145. The number of benzene rings is 1. The largest absolute Gasteiger partial charge is 0.453 e. The van der Waals surface area contributed by atoms with Crippen molar-refractivity contribution in [3.05, 3.63) is 24.0 Å². The first-order valence-electron chi connectivity index (χ1n) is 9.56. The third kappa shape index (κ3) is 6.86. The van der Waals surface area contributed by atoms with Crippen molar-refractivity contribution < 1.29 is 34.7 Å². The maximum atomic E-state index is 13.3. The molecule has 16 heteroatoms. The molecular weight excluding hydrogens is 480 g/mol. The van der Waals surface area contributed by atoms with Gasteiger partial charge in [-0.25, -0.2) is 17.5 Å². The Hall–Kier alpha value is -2.75. The third-order valence-electron chi connectivity index (χ3n) is 4.14. The summed E-state index contributed by atoms with van der Waals surface area (Å²) in [5.41, 5.74) is 0.0145. The van der Waals surface area contributed by atoms with Gasteiger partial charge in [0.05, 0.1) is 0 Å². The van der Waals surface area contributed by atoms with Crippen LogP contribution in [0.15, 0.2) is 32.8 Å². The lowest BCUT2D eigenvalue weighted by atomic mass is 10.2. The standard InChI is InChI=1S/C17H21F6N7O2S/c1-4-29(5-2)11-7-8-12(13(9-11)28-33(31,10-18)32-15(19)20)25-26-16-24-14(17(21,22)23)27-30(16)6-3/h7-9,15H,4-6,10H2,1-3H3. The van der Waals surface area contributed by atoms with Crippen molar-refractivity contribution in [3.8, 4) is 0 Å². The van der Waals surface area contributed by atoms with Crippen LogP contribution in [0.1, 0.15) is 26.6 Å². The van der Waals surface area contributed by atoms with Crippen LogP contribution in [-0.4, -0.2) is 44.7 Å². The van der Waals surface area contributed by atoms with Crippen LogP contribution in [0.4, 0.5) is 49.4 Å². The Bertz CT molecular complexity index is 1090. The number of rotatable bonds is 10. The molecule has 0 fully saturated rings. The van der Waals surface area contributed by atoms with E-state index in [1.807, 2.05) is 18.7 Å². The molecule has 1 aromatic carbocycles. The predicted octanol–water partition coefficient (Wildman–Crippen LogP) is 5.76. The summed E-state index contributed by atoms with van der Waals surface area (Å²) < 4.78 is 97.6. The molecule has 33 heavy (non-hydrogen) atoms. The van der Waals surface area contributed by atoms with Gasteiger partial charge in [0, 0.05) is 25.3 Å². The first kappa shape index (κ1) is 26.5. The molecule has 2 rings (SSSR count). The molecule has 2 aromatic rings. The van der Waals surface area contributed by atoms with Crippen molar-refractivity contribution in [1.82, 2.24) is 14.8 Å². The van der Waals surface area contributed by atoms with Gasteiger partial charge in [-0.2, -0.15) is 31.3 Å². The van der Waals surface area contributed by atoms with Crippen LogP contribution in [0.2, 0.25) is 0 Å². The molecule has 0 saturated carbocycles. The average molecular weight is 501 g/mol. The van der Waals surface area contributed by atoms with Gasteiger partial charge in [-0.05, 0) is 39.0 Å². The Morgan fingerprint density at radius 3 is 2.33 bits per heavy atom. The highest BCUT2D eigenvalue weighted by atomic mass is 32.2. The van der Waals surface area contributed by atoms with Gasteiger partial charge in [-0.3, -0.25) is 0 Å². The molecule has 0 spiro atoms. The summed E-state index contributed by atoms with van der Waals surface area (Å²) in [5, 5.41) is 10.7. The number of nitrogens with zero attached hydrogens (tertiary/aromatic N) is 7. The van der Waals surface area contributed by atoms with Crippen molar-refractivity contribution in [2.24, 2.45) is 14.6 Å². The van der Waals surface area contributed by atoms with Crippen molar-refractivity contribution in [2.45, 2.75) is 40.1 Å². The fourth-order valence-electron chi connectivity index (χ4n) is 2.63. The number of alkyl halides is 6. The van der Waals surface area contributed by atoms with E-state index in [2.05, 4.69) is 28.9 Å². The van der Waals surface area contributed by atoms with Gasteiger partial charge in [0.15, 0.2) is 6.01 Å². The maximum Gasteiger partial charge on any atom is 0.453 e. The Kier molecular flexibility index (Phi) is 8.76. The van der Waals surface area contributed by atoms with E-state index in [1.165, 1.54) is 19.1 Å². The molecular formula is C17H21F6N7O2S. The zero-order valence-electron chi connectivity index (χ0n) is 17.8. The normalized spacial score (nSPS) is 14.1. The van der Waals surface area contributed by atoms with E-state index in [-0.39, 0.29) is 17.9 Å². The maximum absolute atomic E-state index is 13.3. The Labute approximate surface area is 185 Å². The van der Waals surface area contributed by atoms with Crippen molar-refractivity contribution in [2.75, 3.05) is 24.0 Å². The Morgan fingerprint density at radius 1 is 1.15 bits per heavy atom. The second kappa shape index (κ2) is 10.9. The van der Waals surface area contributed by atoms with Gasteiger partial charge >= 0.3 is 12.8 Å². The van der Waals surface area contributed by atoms with Gasteiger partial charge in [0.25, 0.3) is 11.8 Å². The van der Waals surface area contributed by atoms with Gasteiger partial charge in [-0.15, -0.1) is 15.3 Å². The van der Waals surface area contributed by atoms with Gasteiger partial charge in [-0.1, -0.05) is 0 Å². The lowest BCUT2D eigenvalue weighted by Crippen LogP contribution is -2.21. The fraction of sp³-hybridized carbons (Fsp3) is 0.529. The lowest BCUT2D eigenvalue weighted by Gasteiger charge is -2.21. The molecule has 1 unspecified atom stereocenters. The predicted molar refractivity (Wildman–Crippen MR) is 108 cm³/mol. The van der Waals surface area contributed by atoms with Crippen LogP contribution < -0.4 is 4.90 Å². The van der Waals surface area contributed by atoms with Crippen molar-refractivity contribution >= 4 is 33.0 Å². The highest BCUT2D eigenvalue weighted by molar-refractivity contribution is 7.89. The molecule has 0 aliphatic rings. The second-order valence-electron chi connectivity index (χ2n) is 6.23. The highest BCUT2D eigenvalue weighted by Crippen LogP contribution is 2.36. The molecule has 0 aliphatic carbocycles. The van der Waals surface area contributed by atoms with E-state index in [0.717, 1.165) is 4.68 Å². The van der Waals surface area contributed by atoms with E-state index in [1.54, 1.807) is 6.07 Å². The van der Waals surface area contributed by atoms with Crippen molar-refractivity contribution in [3.63, 3.8) is 0 Å². The van der Waals surface area contributed by atoms with Crippen LogP contribution in [0.25, 0.3) is 0 Å². The minimum Gasteiger partial charge on any atom is -0.372 e. The molecule has 0 amide bonds. The number of hydrogen-bond acceptors (Lipinski definition) is 8. The Balaban J connectivity index is 2.61. The molecule has 0 radical (unpaired) electrons. The molecule has 0 N–H and O–H groups in total. The van der Waals surface area contributed by atoms with E-state index in [0.29, 0.717) is 18.8 Å². The molecule has 184 valence electrons. The zero-order valence-corrected chi connectivity index (χ0v) is 18.6. The topological polar surface area (TPSA) is 97.3 Å². The summed E-state index contributed by atoms with van der Waals surface area (Å²) in [6.45, 7) is 2.71. The molecule has 1 aromatic heterocycles. The van der Waals surface area contributed by atoms with E-state index in [4.69, 9.17) is 0 Å². The summed E-state index contributed by atoms with van der Waals surface area (Å²) in [6, 6.07) is 2.34. The monoisotopic (exact) mass is 501 g/mol. The van der Waals surface area contributed by atoms with Gasteiger partial charge in [0.1, 0.15) is 11.4 Å². The quantitative estimate of drug-likeness (QED) is 0.305. The van der Waals surface area contributed by atoms with E-state index < -0.39 is 40.6 Å². The third-order valence-corrected chi connectivity index (χ3v) is 5.34. The summed E-state index contributed by atoms with van der Waals surface area (Å²) in [4.78, 5) is 5.11. The number of halogens is 6. The van der Waals surface area contributed by atoms with Crippen LogP contribution in [0.3, 0.4) is 0 Å². The number of hydrogen-bond donors (Lipinski definition) is 0. The van der Waals surface area contributed by atoms with Crippen LogP contribution in [0, 0.1) is 0 Å². The summed E-state index contributed by atoms with van der Waals surface area (Å²) in [6.07, 6.45) is -4.81. The van der Waals surface area contributed by atoms with Gasteiger partial charge < -0.3 is 4.90 Å². The number of aromatic nitrogens is 3. The first-order valence-corrected chi connectivity index (χ1v) is 11.2. The van der Waals surface area contributed by atoms with E-state index >= 15 is 0 Å². The minimum absolute atomic E-state index is 0.00649. The van der Waals surface area contributed by atoms with Crippen molar-refractivity contribution in [1.29, 1.82) is 0 Å². The minimum atomic E-state index is -4.81. The second-order valence-corrected chi connectivity index (χ2v) is 7.99. The number of aryl methyl sites for hydroxylation is 1. The molecule has 0 aliphatic heterocycles. The highest BCUT2D eigenvalue weighted by Gasteiger charge is 2.37. The number of azo groups is 1. The summed E-state index contributed by atoms with van der Waals surface area (Å²) >= 11 is 0. The fourth-order valence-corrected chi connectivity index (χ4v) is 3.45. The average Bonchev–Trinajstić information content (AvgIpc) is 3.17. The van der Waals surface area contributed by atoms with E-state index in [9.17, 15) is 30.6 Å². The smallest absolute Gasteiger partial charge is 0.372 e. The Morgan fingerprint density at radius 2 is 1.82 bits per heavy atom. The molecule has 0 saturated heterocycles. The molecule has 1 heterocycles. The molecule has 0 bridgehead atoms. The summed E-state index contributed by atoms with van der Waals surface area (Å²) in [5.74, 6) is -1.91. The number of anilines is 1. The molecule has 1 atom stereocenters. The summed E-state index contributed by atoms with van der Waals surface area (Å²) in [7, 11) is -4.46. The first-order chi connectivity index (χ1) is 15.5.